The Morgan fingerprint density at radius 1 is 1.07 bits per heavy atom. The Morgan fingerprint density at radius 3 is 2.43 bits per heavy atom. The molecule has 0 atom stereocenters. The van der Waals surface area contributed by atoms with Crippen molar-refractivity contribution in [2.75, 3.05) is 31.5 Å². The van der Waals surface area contributed by atoms with Crippen LogP contribution in [0.25, 0.3) is 0 Å². The molecule has 6 nitrogen and oxygen atoms in total. The van der Waals surface area contributed by atoms with Crippen LogP contribution in [0.2, 0.25) is 5.02 Å². The van der Waals surface area contributed by atoms with E-state index in [1.54, 1.807) is 11.4 Å². The fraction of sp³-hybridized carbons (Fsp3) is 0.500. The molecule has 0 unspecified atom stereocenters. The van der Waals surface area contributed by atoms with Crippen LogP contribution in [0, 0.1) is 11.8 Å². The van der Waals surface area contributed by atoms with Crippen molar-refractivity contribution in [3.05, 3.63) is 40.4 Å². The minimum atomic E-state index is -0.0730. The normalized spacial score (nSPS) is 18.5. The van der Waals surface area contributed by atoms with E-state index in [1.165, 1.54) is 11.3 Å². The third-order valence-corrected chi connectivity index (χ3v) is 7.15. The number of thiazole rings is 1. The van der Waals surface area contributed by atoms with Gasteiger partial charge in [0.1, 0.15) is 5.69 Å². The number of hydrogen-bond acceptors (Lipinski definition) is 5. The lowest BCUT2D eigenvalue weighted by Crippen LogP contribution is -2.46. The zero-order valence-corrected chi connectivity index (χ0v) is 18.7. The van der Waals surface area contributed by atoms with Crippen LogP contribution < -0.4 is 5.32 Å². The van der Waals surface area contributed by atoms with Gasteiger partial charge in [0.25, 0.3) is 5.91 Å². The molecule has 8 heteroatoms. The third-order valence-electron chi connectivity index (χ3n) is 6.07. The van der Waals surface area contributed by atoms with E-state index < -0.39 is 0 Å². The maximum absolute atomic E-state index is 12.9. The van der Waals surface area contributed by atoms with Gasteiger partial charge in [-0.05, 0) is 43.7 Å². The number of piperidine rings is 2. The molecule has 2 aromatic rings. The van der Waals surface area contributed by atoms with E-state index in [9.17, 15) is 9.59 Å². The average molecular weight is 447 g/mol. The lowest BCUT2D eigenvalue weighted by Gasteiger charge is -2.36. The van der Waals surface area contributed by atoms with Gasteiger partial charge in [-0.2, -0.15) is 0 Å². The number of likely N-dealkylation sites (tertiary alicyclic amines) is 2. The Hall–Kier alpha value is -2.12. The molecule has 1 aromatic heterocycles. The second-order valence-electron chi connectivity index (χ2n) is 8.22. The molecule has 2 saturated heterocycles. The fourth-order valence-corrected chi connectivity index (χ4v) is 4.97. The van der Waals surface area contributed by atoms with Gasteiger partial charge in [-0.1, -0.05) is 30.7 Å². The Kier molecular flexibility index (Phi) is 6.58. The van der Waals surface area contributed by atoms with Crippen LogP contribution in [0.3, 0.4) is 0 Å². The molecule has 0 saturated carbocycles. The second-order valence-corrected chi connectivity index (χ2v) is 9.48. The average Bonchev–Trinajstić information content (AvgIpc) is 3.23. The first kappa shape index (κ1) is 21.1. The first-order chi connectivity index (χ1) is 14.5. The highest BCUT2D eigenvalue weighted by Crippen LogP contribution is 2.28. The molecular formula is C22H27ClN4O2S. The standard InChI is InChI=1S/C22H27ClN4O2S/c1-15-6-10-26(11-7-15)20(28)16-8-12-27(13-9-16)21(29)19-14-30-22(25-19)24-18-5-3-2-4-17(18)23/h2-5,14-16H,6-13H2,1H3,(H,24,25). The Labute approximate surface area is 186 Å². The number of para-hydroxylation sites is 1. The Balaban J connectivity index is 1.31. The first-order valence-corrected chi connectivity index (χ1v) is 11.8. The van der Waals surface area contributed by atoms with Gasteiger partial charge < -0.3 is 15.1 Å². The van der Waals surface area contributed by atoms with E-state index in [4.69, 9.17) is 11.6 Å². The number of aromatic nitrogens is 1. The van der Waals surface area contributed by atoms with Crippen LogP contribution in [-0.2, 0) is 4.79 Å². The van der Waals surface area contributed by atoms with Crippen LogP contribution in [0.4, 0.5) is 10.8 Å². The molecule has 0 aliphatic carbocycles. The maximum Gasteiger partial charge on any atom is 0.273 e. The molecule has 30 heavy (non-hydrogen) atoms. The molecule has 1 aromatic carbocycles. The van der Waals surface area contributed by atoms with Crippen molar-refractivity contribution in [3.63, 3.8) is 0 Å². The molecule has 0 bridgehead atoms. The summed E-state index contributed by atoms with van der Waals surface area (Å²) in [6.45, 7) is 5.20. The van der Waals surface area contributed by atoms with Gasteiger partial charge in [-0.3, -0.25) is 9.59 Å². The molecule has 0 radical (unpaired) electrons. The summed E-state index contributed by atoms with van der Waals surface area (Å²) in [4.78, 5) is 33.9. The molecule has 0 spiro atoms. The molecule has 2 aliphatic rings. The van der Waals surface area contributed by atoms with Crippen LogP contribution in [-0.4, -0.2) is 52.8 Å². The number of benzene rings is 1. The van der Waals surface area contributed by atoms with E-state index >= 15 is 0 Å². The minimum absolute atomic E-state index is 0.0374. The summed E-state index contributed by atoms with van der Waals surface area (Å²) in [5.74, 6) is 0.948. The molecule has 3 heterocycles. The van der Waals surface area contributed by atoms with Gasteiger partial charge in [0.05, 0.1) is 10.7 Å². The van der Waals surface area contributed by atoms with E-state index in [0.717, 1.165) is 44.5 Å². The van der Waals surface area contributed by atoms with Crippen molar-refractivity contribution < 1.29 is 9.59 Å². The highest BCUT2D eigenvalue weighted by molar-refractivity contribution is 7.14. The zero-order valence-electron chi connectivity index (χ0n) is 17.1. The predicted octanol–water partition coefficient (Wildman–Crippen LogP) is 4.65. The summed E-state index contributed by atoms with van der Waals surface area (Å²) >= 11 is 7.56. The van der Waals surface area contributed by atoms with Gasteiger partial charge in [0.15, 0.2) is 5.13 Å². The summed E-state index contributed by atoms with van der Waals surface area (Å²) < 4.78 is 0. The lowest BCUT2D eigenvalue weighted by molar-refractivity contribution is -0.138. The molecule has 2 aliphatic heterocycles. The summed E-state index contributed by atoms with van der Waals surface area (Å²) in [5.41, 5.74) is 1.20. The van der Waals surface area contributed by atoms with Gasteiger partial charge >= 0.3 is 0 Å². The van der Waals surface area contributed by atoms with Crippen LogP contribution in [0.15, 0.2) is 29.6 Å². The summed E-state index contributed by atoms with van der Waals surface area (Å²) in [6, 6.07) is 7.43. The highest BCUT2D eigenvalue weighted by Gasteiger charge is 2.32. The van der Waals surface area contributed by atoms with E-state index in [-0.39, 0.29) is 17.7 Å². The molecule has 1 N–H and O–H groups in total. The van der Waals surface area contributed by atoms with Crippen LogP contribution in [0.1, 0.15) is 43.1 Å². The van der Waals surface area contributed by atoms with Gasteiger partial charge in [0.2, 0.25) is 5.91 Å². The highest BCUT2D eigenvalue weighted by atomic mass is 35.5. The number of rotatable bonds is 4. The summed E-state index contributed by atoms with van der Waals surface area (Å²) in [6.07, 6.45) is 3.64. The lowest BCUT2D eigenvalue weighted by atomic mass is 9.92. The number of carbonyl (C=O) groups is 2. The molecular weight excluding hydrogens is 420 g/mol. The number of halogens is 1. The van der Waals surface area contributed by atoms with Gasteiger partial charge in [0, 0.05) is 37.5 Å². The Bertz CT molecular complexity index is 902. The number of nitrogens with one attached hydrogen (secondary N) is 1. The predicted molar refractivity (Wildman–Crippen MR) is 120 cm³/mol. The van der Waals surface area contributed by atoms with Crippen molar-refractivity contribution in [1.82, 2.24) is 14.8 Å². The molecule has 160 valence electrons. The minimum Gasteiger partial charge on any atom is -0.342 e. The van der Waals surface area contributed by atoms with Crippen molar-refractivity contribution in [2.24, 2.45) is 11.8 Å². The van der Waals surface area contributed by atoms with E-state index in [2.05, 4.69) is 17.2 Å². The number of nitrogens with zero attached hydrogens (tertiary/aromatic N) is 3. The third kappa shape index (κ3) is 4.78. The zero-order chi connectivity index (χ0) is 21.1. The molecule has 4 rings (SSSR count). The van der Waals surface area contributed by atoms with E-state index in [0.29, 0.717) is 34.9 Å². The largest absolute Gasteiger partial charge is 0.342 e. The van der Waals surface area contributed by atoms with Crippen molar-refractivity contribution in [2.45, 2.75) is 32.6 Å². The van der Waals surface area contributed by atoms with Gasteiger partial charge in [-0.25, -0.2) is 4.98 Å². The molecule has 2 fully saturated rings. The smallest absolute Gasteiger partial charge is 0.273 e. The number of hydrogen-bond donors (Lipinski definition) is 1. The van der Waals surface area contributed by atoms with Crippen molar-refractivity contribution in [3.8, 4) is 0 Å². The fourth-order valence-electron chi connectivity index (χ4n) is 4.09. The van der Waals surface area contributed by atoms with Crippen molar-refractivity contribution >= 4 is 45.6 Å². The number of anilines is 2. The maximum atomic E-state index is 12.9. The summed E-state index contributed by atoms with van der Waals surface area (Å²) in [7, 11) is 0. The quantitative estimate of drug-likeness (QED) is 0.742. The number of carbonyl (C=O) groups excluding carboxylic acids is 2. The monoisotopic (exact) mass is 446 g/mol. The van der Waals surface area contributed by atoms with Crippen LogP contribution in [0.5, 0.6) is 0 Å². The Morgan fingerprint density at radius 2 is 1.73 bits per heavy atom. The van der Waals surface area contributed by atoms with E-state index in [1.807, 2.05) is 28.0 Å². The van der Waals surface area contributed by atoms with Crippen LogP contribution >= 0.6 is 22.9 Å². The van der Waals surface area contributed by atoms with Gasteiger partial charge in [-0.15, -0.1) is 11.3 Å². The van der Waals surface area contributed by atoms with Crippen molar-refractivity contribution in [1.29, 1.82) is 0 Å². The number of amides is 2. The second kappa shape index (κ2) is 9.35. The topological polar surface area (TPSA) is 65.5 Å². The summed E-state index contributed by atoms with van der Waals surface area (Å²) in [5, 5.41) is 6.18. The molecule has 2 amide bonds. The SMILES string of the molecule is CC1CCN(C(=O)C2CCN(C(=O)c3csc(Nc4ccccc4Cl)n3)CC2)CC1. The first-order valence-electron chi connectivity index (χ1n) is 10.6.